The summed E-state index contributed by atoms with van der Waals surface area (Å²) in [6.07, 6.45) is 2.39. The Morgan fingerprint density at radius 2 is 2.12 bits per heavy atom. The highest BCUT2D eigenvalue weighted by Crippen LogP contribution is 2.33. The predicted molar refractivity (Wildman–Crippen MR) is 114 cm³/mol. The summed E-state index contributed by atoms with van der Waals surface area (Å²) in [4.78, 5) is 33.5. The number of benzene rings is 1. The first-order valence-electron chi connectivity index (χ1n) is 10.4. The van der Waals surface area contributed by atoms with Gasteiger partial charge in [0.25, 0.3) is 5.91 Å². The summed E-state index contributed by atoms with van der Waals surface area (Å²) >= 11 is 0. The van der Waals surface area contributed by atoms with Crippen LogP contribution < -0.4 is 5.32 Å². The van der Waals surface area contributed by atoms with E-state index in [2.05, 4.69) is 20.4 Å². The SMILES string of the molecule is Cc1c(F)cc(-c2noc(C3CCN(C(=O)O)C3)n2)c(F)c1NC(=O)c1cnc2ccccn12. The van der Waals surface area contributed by atoms with Crippen molar-refractivity contribution in [3.63, 3.8) is 0 Å². The highest BCUT2D eigenvalue weighted by Gasteiger charge is 2.32. The van der Waals surface area contributed by atoms with Gasteiger partial charge in [0.2, 0.25) is 11.7 Å². The molecule has 34 heavy (non-hydrogen) atoms. The van der Waals surface area contributed by atoms with Gasteiger partial charge in [0, 0.05) is 24.8 Å². The molecule has 3 aromatic heterocycles. The van der Waals surface area contributed by atoms with E-state index >= 15 is 4.39 Å². The van der Waals surface area contributed by atoms with Crippen molar-refractivity contribution < 1.29 is 28.0 Å². The second-order valence-corrected chi connectivity index (χ2v) is 7.92. The van der Waals surface area contributed by atoms with E-state index < -0.39 is 23.6 Å². The van der Waals surface area contributed by atoms with Crippen molar-refractivity contribution in [2.45, 2.75) is 19.3 Å². The van der Waals surface area contributed by atoms with Crippen LogP contribution in [0.2, 0.25) is 0 Å². The third-order valence-electron chi connectivity index (χ3n) is 5.84. The number of likely N-dealkylation sites (tertiary alicyclic amines) is 1. The molecule has 2 amide bonds. The normalized spacial score (nSPS) is 15.7. The molecule has 10 nitrogen and oxygen atoms in total. The van der Waals surface area contributed by atoms with Gasteiger partial charge in [-0.05, 0) is 31.5 Å². The zero-order chi connectivity index (χ0) is 24.0. The number of amides is 2. The number of aromatic nitrogens is 4. The van der Waals surface area contributed by atoms with Gasteiger partial charge in [0.1, 0.15) is 17.2 Å². The topological polar surface area (TPSA) is 126 Å². The summed E-state index contributed by atoms with van der Waals surface area (Å²) in [5.74, 6) is -2.78. The number of halogens is 2. The Morgan fingerprint density at radius 3 is 2.88 bits per heavy atom. The molecular weight excluding hydrogens is 450 g/mol. The maximum atomic E-state index is 15.5. The van der Waals surface area contributed by atoms with E-state index in [4.69, 9.17) is 9.63 Å². The number of rotatable bonds is 4. The van der Waals surface area contributed by atoms with Crippen LogP contribution in [0.15, 0.2) is 41.2 Å². The van der Waals surface area contributed by atoms with Crippen LogP contribution >= 0.6 is 0 Å². The highest BCUT2D eigenvalue weighted by atomic mass is 19.1. The molecule has 0 aliphatic carbocycles. The number of hydrogen-bond acceptors (Lipinski definition) is 6. The van der Waals surface area contributed by atoms with Crippen molar-refractivity contribution in [3.05, 3.63) is 65.4 Å². The molecule has 4 aromatic rings. The Bertz CT molecular complexity index is 1430. The maximum Gasteiger partial charge on any atom is 0.407 e. The molecule has 1 atom stereocenters. The average Bonchev–Trinajstić information content (AvgIpc) is 3.57. The molecular formula is C22H18F2N6O4. The molecule has 1 saturated heterocycles. The summed E-state index contributed by atoms with van der Waals surface area (Å²) in [7, 11) is 0. The number of pyridine rings is 1. The minimum atomic E-state index is -1.06. The van der Waals surface area contributed by atoms with E-state index in [1.54, 1.807) is 24.4 Å². The summed E-state index contributed by atoms with van der Waals surface area (Å²) < 4.78 is 36.9. The standard InChI is InChI=1S/C22H18F2N6O4/c1-11-14(23)8-13(19-27-21(34-28-19)12-5-7-29(10-12)22(32)33)17(24)18(11)26-20(31)15-9-25-16-4-2-3-6-30(15)16/h2-4,6,8-9,12H,5,7,10H2,1H3,(H,26,31)(H,32,33). The van der Waals surface area contributed by atoms with E-state index in [1.807, 2.05) is 0 Å². The molecule has 0 spiro atoms. The van der Waals surface area contributed by atoms with Crippen LogP contribution in [0.4, 0.5) is 19.3 Å². The smallest absolute Gasteiger partial charge is 0.407 e. The van der Waals surface area contributed by atoms with Gasteiger partial charge in [-0.15, -0.1) is 0 Å². The van der Waals surface area contributed by atoms with Crippen LogP contribution in [-0.2, 0) is 0 Å². The number of carbonyl (C=O) groups is 2. The Kier molecular flexibility index (Phi) is 5.19. The molecule has 5 rings (SSSR count). The number of carbonyl (C=O) groups excluding carboxylic acids is 1. The van der Waals surface area contributed by atoms with Crippen LogP contribution in [0.1, 0.15) is 34.3 Å². The Hall–Kier alpha value is -4.35. The monoisotopic (exact) mass is 468 g/mol. The highest BCUT2D eigenvalue weighted by molar-refractivity contribution is 6.04. The lowest BCUT2D eigenvalue weighted by molar-refractivity contribution is 0.102. The fourth-order valence-electron chi connectivity index (χ4n) is 3.95. The first kappa shape index (κ1) is 21.5. The van der Waals surface area contributed by atoms with Gasteiger partial charge in [0.05, 0.1) is 23.4 Å². The van der Waals surface area contributed by atoms with Crippen molar-refractivity contribution in [3.8, 4) is 11.4 Å². The summed E-state index contributed by atoms with van der Waals surface area (Å²) in [5.41, 5.74) is -0.0708. The number of imidazole rings is 1. The van der Waals surface area contributed by atoms with Gasteiger partial charge in [0.15, 0.2) is 5.82 Å². The average molecular weight is 468 g/mol. The zero-order valence-electron chi connectivity index (χ0n) is 17.8. The van der Waals surface area contributed by atoms with Gasteiger partial charge in [-0.3, -0.25) is 9.20 Å². The van der Waals surface area contributed by atoms with Crippen LogP contribution in [0.25, 0.3) is 17.0 Å². The number of nitrogens with zero attached hydrogens (tertiary/aromatic N) is 5. The largest absolute Gasteiger partial charge is 0.465 e. The molecule has 1 fully saturated rings. The molecule has 0 saturated carbocycles. The number of carboxylic acid groups (broad SMARTS) is 1. The van der Waals surface area contributed by atoms with Crippen molar-refractivity contribution in [2.75, 3.05) is 18.4 Å². The molecule has 1 unspecified atom stereocenters. The van der Waals surface area contributed by atoms with Crippen molar-refractivity contribution in [2.24, 2.45) is 0 Å². The minimum absolute atomic E-state index is 0.0972. The van der Waals surface area contributed by atoms with Gasteiger partial charge in [-0.2, -0.15) is 4.98 Å². The second kappa shape index (κ2) is 8.21. The van der Waals surface area contributed by atoms with Gasteiger partial charge in [-0.1, -0.05) is 11.2 Å². The Balaban J connectivity index is 1.46. The molecule has 0 radical (unpaired) electrons. The first-order valence-corrected chi connectivity index (χ1v) is 10.4. The maximum absolute atomic E-state index is 15.5. The molecule has 1 aromatic carbocycles. The van der Waals surface area contributed by atoms with Crippen LogP contribution in [0, 0.1) is 18.6 Å². The lowest BCUT2D eigenvalue weighted by Crippen LogP contribution is -2.26. The van der Waals surface area contributed by atoms with E-state index in [0.29, 0.717) is 18.6 Å². The number of anilines is 1. The summed E-state index contributed by atoms with van der Waals surface area (Å²) in [5, 5.41) is 15.3. The summed E-state index contributed by atoms with van der Waals surface area (Å²) in [6, 6.07) is 6.11. The van der Waals surface area contributed by atoms with E-state index in [-0.39, 0.29) is 46.7 Å². The van der Waals surface area contributed by atoms with E-state index in [9.17, 15) is 14.0 Å². The van der Waals surface area contributed by atoms with Crippen molar-refractivity contribution in [1.82, 2.24) is 24.4 Å². The Labute approximate surface area is 190 Å². The third-order valence-corrected chi connectivity index (χ3v) is 5.84. The Morgan fingerprint density at radius 1 is 1.29 bits per heavy atom. The van der Waals surface area contributed by atoms with E-state index in [0.717, 1.165) is 6.07 Å². The number of fused-ring (bicyclic) bond motifs is 1. The van der Waals surface area contributed by atoms with Gasteiger partial charge >= 0.3 is 6.09 Å². The molecule has 0 bridgehead atoms. The fraction of sp³-hybridized carbons (Fsp3) is 0.227. The third kappa shape index (κ3) is 3.62. The first-order chi connectivity index (χ1) is 16.3. The number of nitrogens with one attached hydrogen (secondary N) is 1. The molecule has 174 valence electrons. The van der Waals surface area contributed by atoms with Crippen molar-refractivity contribution >= 4 is 23.3 Å². The second-order valence-electron chi connectivity index (χ2n) is 7.92. The van der Waals surface area contributed by atoms with Crippen molar-refractivity contribution in [1.29, 1.82) is 0 Å². The van der Waals surface area contributed by atoms with Crippen LogP contribution in [0.3, 0.4) is 0 Å². The summed E-state index contributed by atoms with van der Waals surface area (Å²) in [6.45, 7) is 1.82. The predicted octanol–water partition coefficient (Wildman–Crippen LogP) is 3.69. The quantitative estimate of drug-likeness (QED) is 0.468. The fourth-order valence-corrected chi connectivity index (χ4v) is 3.95. The molecule has 12 heteroatoms. The van der Waals surface area contributed by atoms with Crippen LogP contribution in [0.5, 0.6) is 0 Å². The molecule has 1 aliphatic heterocycles. The lowest BCUT2D eigenvalue weighted by Gasteiger charge is -2.12. The zero-order valence-corrected chi connectivity index (χ0v) is 17.8. The van der Waals surface area contributed by atoms with Gasteiger partial charge < -0.3 is 19.8 Å². The van der Waals surface area contributed by atoms with Crippen LogP contribution in [-0.4, -0.2) is 54.6 Å². The van der Waals surface area contributed by atoms with E-state index in [1.165, 1.54) is 22.4 Å². The minimum Gasteiger partial charge on any atom is -0.465 e. The number of hydrogen-bond donors (Lipinski definition) is 2. The molecule has 4 heterocycles. The molecule has 2 N–H and O–H groups in total. The molecule has 1 aliphatic rings. The lowest BCUT2D eigenvalue weighted by atomic mass is 10.1. The van der Waals surface area contributed by atoms with Gasteiger partial charge in [-0.25, -0.2) is 18.6 Å².